The van der Waals surface area contributed by atoms with Gasteiger partial charge in [0.05, 0.1) is 6.04 Å². The maximum Gasteiger partial charge on any atom is 0.120 e. The average molecular weight is 343 g/mol. The third-order valence-corrected chi connectivity index (χ3v) is 5.60. The summed E-state index contributed by atoms with van der Waals surface area (Å²) in [4.78, 5) is 9.49. The van der Waals surface area contributed by atoms with Crippen LogP contribution in [0, 0.1) is 0 Å². The van der Waals surface area contributed by atoms with Crippen molar-refractivity contribution in [2.24, 2.45) is 0 Å². The summed E-state index contributed by atoms with van der Waals surface area (Å²) in [6, 6.07) is 8.42. The Morgan fingerprint density at radius 3 is 2.79 bits per heavy atom. The lowest BCUT2D eigenvalue weighted by molar-refractivity contribution is 0.0301. The fourth-order valence-corrected chi connectivity index (χ4v) is 4.32. The number of aromatic hydroxyl groups is 1. The van der Waals surface area contributed by atoms with Crippen LogP contribution in [0.1, 0.15) is 30.5 Å². The minimum atomic E-state index is -0.00506. The Morgan fingerprint density at radius 1 is 1.33 bits per heavy atom. The minimum Gasteiger partial charge on any atom is -0.508 e. The molecule has 2 aromatic rings. The smallest absolute Gasteiger partial charge is 0.120 e. The second-order valence-electron chi connectivity index (χ2n) is 6.47. The van der Waals surface area contributed by atoms with Crippen molar-refractivity contribution in [3.63, 3.8) is 0 Å². The number of piperazine rings is 1. The molecule has 0 saturated carbocycles. The second-order valence-corrected chi connectivity index (χ2v) is 7.40. The Kier molecular flexibility index (Phi) is 5.33. The molecular formula is C19H25N3OS. The van der Waals surface area contributed by atoms with E-state index in [-0.39, 0.29) is 6.04 Å². The van der Waals surface area contributed by atoms with Gasteiger partial charge >= 0.3 is 0 Å². The van der Waals surface area contributed by atoms with Gasteiger partial charge in [-0.2, -0.15) is 0 Å². The molecule has 3 atom stereocenters. The van der Waals surface area contributed by atoms with Gasteiger partial charge in [-0.3, -0.25) is 9.80 Å². The highest BCUT2D eigenvalue weighted by Crippen LogP contribution is 2.37. The van der Waals surface area contributed by atoms with Crippen molar-refractivity contribution in [2.45, 2.75) is 32.0 Å². The van der Waals surface area contributed by atoms with E-state index in [0.717, 1.165) is 30.2 Å². The molecule has 0 amide bonds. The lowest BCUT2D eigenvalue weighted by Gasteiger charge is -2.46. The van der Waals surface area contributed by atoms with Crippen molar-refractivity contribution in [3.05, 3.63) is 59.1 Å². The highest BCUT2D eigenvalue weighted by molar-refractivity contribution is 7.09. The van der Waals surface area contributed by atoms with Gasteiger partial charge < -0.3 is 5.11 Å². The van der Waals surface area contributed by atoms with Crippen LogP contribution in [0.5, 0.6) is 5.75 Å². The Hall–Kier alpha value is -1.69. The van der Waals surface area contributed by atoms with E-state index in [1.807, 2.05) is 35.9 Å². The first-order valence-electron chi connectivity index (χ1n) is 8.39. The average Bonchev–Trinajstić information content (AvgIpc) is 3.08. The number of aromatic nitrogens is 1. The summed E-state index contributed by atoms with van der Waals surface area (Å²) >= 11 is 1.65. The minimum absolute atomic E-state index is 0.00506. The number of para-hydroxylation sites is 1. The Bertz CT molecular complexity index is 673. The van der Waals surface area contributed by atoms with E-state index in [2.05, 4.69) is 35.2 Å². The first-order valence-corrected chi connectivity index (χ1v) is 9.27. The molecule has 0 unspecified atom stereocenters. The molecule has 0 radical (unpaired) electrons. The Morgan fingerprint density at radius 2 is 2.12 bits per heavy atom. The zero-order chi connectivity index (χ0) is 17.1. The quantitative estimate of drug-likeness (QED) is 0.843. The summed E-state index contributed by atoms with van der Waals surface area (Å²) in [7, 11) is 0. The molecule has 2 heterocycles. The second kappa shape index (κ2) is 7.47. The van der Waals surface area contributed by atoms with Gasteiger partial charge in [-0.15, -0.1) is 17.9 Å². The molecule has 4 nitrogen and oxygen atoms in total. The molecule has 1 fully saturated rings. The van der Waals surface area contributed by atoms with Gasteiger partial charge in [0.2, 0.25) is 0 Å². The number of rotatable bonds is 5. The summed E-state index contributed by atoms with van der Waals surface area (Å²) in [5.41, 5.74) is 0.934. The number of hydrogen-bond donors (Lipinski definition) is 1. The van der Waals surface area contributed by atoms with Gasteiger partial charge in [0, 0.05) is 48.9 Å². The van der Waals surface area contributed by atoms with E-state index in [0.29, 0.717) is 17.8 Å². The van der Waals surface area contributed by atoms with Gasteiger partial charge in [-0.25, -0.2) is 4.98 Å². The van der Waals surface area contributed by atoms with Crippen molar-refractivity contribution >= 4 is 11.3 Å². The maximum atomic E-state index is 10.4. The van der Waals surface area contributed by atoms with E-state index >= 15 is 0 Å². The maximum absolute atomic E-state index is 10.4. The van der Waals surface area contributed by atoms with Gasteiger partial charge in [0.1, 0.15) is 10.8 Å². The largest absolute Gasteiger partial charge is 0.508 e. The molecule has 1 aliphatic rings. The van der Waals surface area contributed by atoms with Crippen molar-refractivity contribution in [1.29, 1.82) is 0 Å². The number of nitrogens with zero attached hydrogens (tertiary/aromatic N) is 3. The fourth-order valence-electron chi connectivity index (χ4n) is 3.55. The van der Waals surface area contributed by atoms with E-state index in [4.69, 9.17) is 0 Å². The molecule has 24 heavy (non-hydrogen) atoms. The number of phenols is 1. The Labute approximate surface area is 148 Å². The number of phenolic OH excluding ortho intramolecular Hbond substituents is 1. The van der Waals surface area contributed by atoms with Crippen LogP contribution in [0.3, 0.4) is 0 Å². The molecule has 0 spiro atoms. The van der Waals surface area contributed by atoms with Crippen LogP contribution in [0.15, 0.2) is 48.5 Å². The number of thiazole rings is 1. The van der Waals surface area contributed by atoms with E-state index < -0.39 is 0 Å². The Balaban J connectivity index is 1.95. The summed E-state index contributed by atoms with van der Waals surface area (Å²) in [6.45, 7) is 11.2. The summed E-state index contributed by atoms with van der Waals surface area (Å²) in [6.07, 6.45) is 3.81. The molecule has 1 N–H and O–H groups in total. The summed E-state index contributed by atoms with van der Waals surface area (Å²) < 4.78 is 0. The van der Waals surface area contributed by atoms with Crippen molar-refractivity contribution in [1.82, 2.24) is 14.8 Å². The lowest BCUT2D eigenvalue weighted by Crippen LogP contribution is -2.57. The van der Waals surface area contributed by atoms with E-state index in [9.17, 15) is 5.11 Å². The first-order chi connectivity index (χ1) is 11.6. The molecule has 128 valence electrons. The summed E-state index contributed by atoms with van der Waals surface area (Å²) in [5.74, 6) is 0.339. The lowest BCUT2D eigenvalue weighted by atomic mass is 9.99. The van der Waals surface area contributed by atoms with Gasteiger partial charge in [0.15, 0.2) is 0 Å². The number of benzene rings is 1. The SMILES string of the molecule is C=CCN1C[C@@H](C)N([C@@H](c2nccs2)c2ccccc2O)C[C@@H]1C. The van der Waals surface area contributed by atoms with Crippen LogP contribution in [0.2, 0.25) is 0 Å². The van der Waals surface area contributed by atoms with Crippen LogP contribution >= 0.6 is 11.3 Å². The fraction of sp³-hybridized carbons (Fsp3) is 0.421. The first kappa shape index (κ1) is 17.1. The van der Waals surface area contributed by atoms with Crippen molar-refractivity contribution in [2.75, 3.05) is 19.6 Å². The normalized spacial score (nSPS) is 23.9. The zero-order valence-electron chi connectivity index (χ0n) is 14.3. The van der Waals surface area contributed by atoms with Crippen LogP contribution in [-0.4, -0.2) is 51.6 Å². The van der Waals surface area contributed by atoms with Crippen molar-refractivity contribution < 1.29 is 5.11 Å². The predicted octanol–water partition coefficient (Wildman–Crippen LogP) is 3.52. The van der Waals surface area contributed by atoms with Crippen LogP contribution < -0.4 is 0 Å². The molecule has 1 saturated heterocycles. The zero-order valence-corrected chi connectivity index (χ0v) is 15.1. The highest BCUT2D eigenvalue weighted by atomic mass is 32.1. The monoisotopic (exact) mass is 343 g/mol. The van der Waals surface area contributed by atoms with E-state index in [1.165, 1.54) is 0 Å². The van der Waals surface area contributed by atoms with Crippen LogP contribution in [0.4, 0.5) is 0 Å². The molecule has 1 aromatic heterocycles. The van der Waals surface area contributed by atoms with E-state index in [1.54, 1.807) is 17.4 Å². The molecule has 1 aliphatic heterocycles. The molecule has 1 aromatic carbocycles. The standard InChI is InChI=1S/C19H25N3OS/c1-4-10-21-12-15(3)22(13-14(21)2)18(19-20-9-11-24-19)16-7-5-6-8-17(16)23/h4-9,11,14-15,18,23H,1,10,12-13H2,2-3H3/t14-,15+,18+/m0/s1. The van der Waals surface area contributed by atoms with Gasteiger partial charge in [0.25, 0.3) is 0 Å². The van der Waals surface area contributed by atoms with Gasteiger partial charge in [-0.05, 0) is 19.9 Å². The highest BCUT2D eigenvalue weighted by Gasteiger charge is 2.36. The van der Waals surface area contributed by atoms with Crippen LogP contribution in [-0.2, 0) is 0 Å². The topological polar surface area (TPSA) is 39.6 Å². The molecule has 5 heteroatoms. The molecule has 0 bridgehead atoms. The molecule has 0 aliphatic carbocycles. The third kappa shape index (κ3) is 3.38. The third-order valence-electron chi connectivity index (χ3n) is 4.78. The van der Waals surface area contributed by atoms with Crippen LogP contribution in [0.25, 0.3) is 0 Å². The predicted molar refractivity (Wildman–Crippen MR) is 99.5 cm³/mol. The molecular weight excluding hydrogens is 318 g/mol. The summed E-state index contributed by atoms with van der Waals surface area (Å²) in [5, 5.41) is 13.5. The van der Waals surface area contributed by atoms with Crippen molar-refractivity contribution in [3.8, 4) is 5.75 Å². The molecule has 3 rings (SSSR count). The number of hydrogen-bond acceptors (Lipinski definition) is 5. The van der Waals surface area contributed by atoms with Gasteiger partial charge in [-0.1, -0.05) is 24.3 Å².